The highest BCUT2D eigenvalue weighted by molar-refractivity contribution is 5.89. The average molecular weight is 366 g/mol. The van der Waals surface area contributed by atoms with Crippen LogP contribution in [0.2, 0.25) is 0 Å². The van der Waals surface area contributed by atoms with Crippen molar-refractivity contribution in [2.45, 2.75) is 25.8 Å². The molecule has 1 atom stereocenters. The Morgan fingerprint density at radius 1 is 1.22 bits per heavy atom. The Labute approximate surface area is 156 Å². The fourth-order valence-corrected chi connectivity index (χ4v) is 3.32. The van der Waals surface area contributed by atoms with Crippen LogP contribution in [-0.2, 0) is 0 Å². The number of halogens is 1. The quantitative estimate of drug-likeness (QED) is 0.738. The predicted molar refractivity (Wildman–Crippen MR) is 98.6 cm³/mol. The molecular weight excluding hydrogens is 347 g/mol. The van der Waals surface area contributed by atoms with E-state index < -0.39 is 5.82 Å². The minimum Gasteiger partial charge on any atom is -0.337 e. The standard InChI is InChI=1S/C20H19FN4O2/c1-13-7-2-3-8-14(13)18-23-19(27-24-18)17-11-6-12-25(17)20(26)22-16-10-5-4-9-15(16)21/h2-5,7-10,17H,6,11-12H2,1H3,(H,22,26)/t17-/m0/s1. The number of hydrogen-bond acceptors (Lipinski definition) is 4. The Hall–Kier alpha value is -3.22. The number of carbonyl (C=O) groups is 1. The molecule has 0 bridgehead atoms. The number of anilines is 1. The van der Waals surface area contributed by atoms with Gasteiger partial charge in [0.2, 0.25) is 11.7 Å². The van der Waals surface area contributed by atoms with Gasteiger partial charge in [0.05, 0.1) is 5.69 Å². The molecular formula is C20H19FN4O2. The predicted octanol–water partition coefficient (Wildman–Crippen LogP) is 4.55. The van der Waals surface area contributed by atoms with Crippen molar-refractivity contribution in [3.05, 3.63) is 65.8 Å². The second kappa shape index (κ2) is 7.19. The van der Waals surface area contributed by atoms with Gasteiger partial charge < -0.3 is 14.7 Å². The van der Waals surface area contributed by atoms with E-state index in [0.717, 1.165) is 24.0 Å². The number of aromatic nitrogens is 2. The van der Waals surface area contributed by atoms with Crippen molar-refractivity contribution >= 4 is 11.7 Å². The lowest BCUT2D eigenvalue weighted by Crippen LogP contribution is -2.34. The van der Waals surface area contributed by atoms with Crippen LogP contribution >= 0.6 is 0 Å². The lowest BCUT2D eigenvalue weighted by atomic mass is 10.1. The van der Waals surface area contributed by atoms with Crippen LogP contribution in [0.5, 0.6) is 0 Å². The normalized spacial score (nSPS) is 16.5. The Morgan fingerprint density at radius 3 is 2.81 bits per heavy atom. The van der Waals surface area contributed by atoms with Crippen LogP contribution in [0.15, 0.2) is 53.1 Å². The molecule has 2 aromatic carbocycles. The molecule has 1 saturated heterocycles. The number of hydrogen-bond donors (Lipinski definition) is 1. The van der Waals surface area contributed by atoms with Crippen LogP contribution in [0.25, 0.3) is 11.4 Å². The first-order valence-corrected chi connectivity index (χ1v) is 8.85. The molecule has 1 aromatic heterocycles. The number of nitrogens with one attached hydrogen (secondary N) is 1. The second-order valence-corrected chi connectivity index (χ2v) is 6.53. The number of rotatable bonds is 3. The summed E-state index contributed by atoms with van der Waals surface area (Å²) in [5.74, 6) is 0.431. The van der Waals surface area contributed by atoms with Crippen molar-refractivity contribution in [2.75, 3.05) is 11.9 Å². The van der Waals surface area contributed by atoms with Gasteiger partial charge in [0.1, 0.15) is 11.9 Å². The van der Waals surface area contributed by atoms with Crippen molar-refractivity contribution in [3.63, 3.8) is 0 Å². The summed E-state index contributed by atoms with van der Waals surface area (Å²) in [5.41, 5.74) is 2.09. The van der Waals surface area contributed by atoms with Gasteiger partial charge in [0, 0.05) is 12.1 Å². The maximum Gasteiger partial charge on any atom is 0.322 e. The third-order valence-corrected chi connectivity index (χ3v) is 4.74. The van der Waals surface area contributed by atoms with Crippen molar-refractivity contribution in [2.24, 2.45) is 0 Å². The summed E-state index contributed by atoms with van der Waals surface area (Å²) in [4.78, 5) is 18.8. The van der Waals surface area contributed by atoms with Gasteiger partial charge in [-0.3, -0.25) is 0 Å². The fraction of sp³-hybridized carbons (Fsp3) is 0.250. The molecule has 4 rings (SSSR count). The van der Waals surface area contributed by atoms with Crippen molar-refractivity contribution < 1.29 is 13.7 Å². The van der Waals surface area contributed by atoms with Gasteiger partial charge in [-0.2, -0.15) is 4.98 Å². The molecule has 1 fully saturated rings. The van der Waals surface area contributed by atoms with Crippen LogP contribution in [0.3, 0.4) is 0 Å². The van der Waals surface area contributed by atoms with E-state index in [2.05, 4.69) is 15.5 Å². The van der Waals surface area contributed by atoms with Crippen molar-refractivity contribution in [3.8, 4) is 11.4 Å². The SMILES string of the molecule is Cc1ccccc1-c1noc([C@@H]2CCCN2C(=O)Nc2ccccc2F)n1. The molecule has 1 N–H and O–H groups in total. The largest absolute Gasteiger partial charge is 0.337 e. The lowest BCUT2D eigenvalue weighted by molar-refractivity contribution is 0.193. The molecule has 2 amide bonds. The Bertz CT molecular complexity index is 972. The van der Waals surface area contributed by atoms with Gasteiger partial charge in [-0.15, -0.1) is 0 Å². The number of para-hydroxylation sites is 1. The Kier molecular flexibility index (Phi) is 4.58. The van der Waals surface area contributed by atoms with E-state index in [0.29, 0.717) is 18.3 Å². The molecule has 138 valence electrons. The Morgan fingerprint density at radius 2 is 2.00 bits per heavy atom. The van der Waals surface area contributed by atoms with E-state index in [1.807, 2.05) is 31.2 Å². The van der Waals surface area contributed by atoms with Crippen LogP contribution in [-0.4, -0.2) is 27.6 Å². The van der Waals surface area contributed by atoms with E-state index in [9.17, 15) is 9.18 Å². The second-order valence-electron chi connectivity index (χ2n) is 6.53. The van der Waals surface area contributed by atoms with Crippen molar-refractivity contribution in [1.29, 1.82) is 0 Å². The third-order valence-electron chi connectivity index (χ3n) is 4.74. The highest BCUT2D eigenvalue weighted by Gasteiger charge is 2.34. The highest BCUT2D eigenvalue weighted by Crippen LogP contribution is 2.33. The molecule has 7 heteroatoms. The number of aryl methyl sites for hydroxylation is 1. The minimum absolute atomic E-state index is 0.152. The van der Waals surface area contributed by atoms with Crippen LogP contribution in [0, 0.1) is 12.7 Å². The third kappa shape index (κ3) is 3.40. The zero-order chi connectivity index (χ0) is 18.8. The molecule has 0 spiro atoms. The van der Waals surface area contributed by atoms with Gasteiger partial charge in [0.25, 0.3) is 0 Å². The molecule has 3 aromatic rings. The van der Waals surface area contributed by atoms with Crippen molar-refractivity contribution in [1.82, 2.24) is 15.0 Å². The smallest absolute Gasteiger partial charge is 0.322 e. The summed E-state index contributed by atoms with van der Waals surface area (Å²) >= 11 is 0. The average Bonchev–Trinajstić information content (AvgIpc) is 3.33. The number of amides is 2. The monoisotopic (exact) mass is 366 g/mol. The van der Waals surface area contributed by atoms with Gasteiger partial charge >= 0.3 is 6.03 Å². The zero-order valence-corrected chi connectivity index (χ0v) is 14.9. The molecule has 1 aliphatic rings. The van der Waals surface area contributed by atoms with Gasteiger partial charge in [-0.1, -0.05) is 41.6 Å². The number of likely N-dealkylation sites (tertiary alicyclic amines) is 1. The Balaban J connectivity index is 1.54. The molecule has 0 aliphatic carbocycles. The van der Waals surface area contributed by atoms with E-state index in [4.69, 9.17) is 4.52 Å². The summed E-state index contributed by atoms with van der Waals surface area (Å²) in [6, 6.07) is 13.2. The summed E-state index contributed by atoms with van der Waals surface area (Å²) < 4.78 is 19.3. The maximum absolute atomic E-state index is 13.8. The first-order chi connectivity index (χ1) is 13.1. The minimum atomic E-state index is -0.471. The number of benzene rings is 2. The molecule has 0 unspecified atom stereocenters. The summed E-state index contributed by atoms with van der Waals surface area (Å²) in [7, 11) is 0. The summed E-state index contributed by atoms with van der Waals surface area (Å²) in [6.45, 7) is 2.53. The number of carbonyl (C=O) groups excluding carboxylic acids is 1. The number of urea groups is 1. The lowest BCUT2D eigenvalue weighted by Gasteiger charge is -2.22. The molecule has 0 radical (unpaired) electrons. The van der Waals surface area contributed by atoms with E-state index in [1.165, 1.54) is 12.1 Å². The van der Waals surface area contributed by atoms with Gasteiger partial charge in [-0.25, -0.2) is 9.18 Å². The van der Waals surface area contributed by atoms with E-state index >= 15 is 0 Å². The first-order valence-electron chi connectivity index (χ1n) is 8.85. The first kappa shape index (κ1) is 17.2. The summed E-state index contributed by atoms with van der Waals surface area (Å²) in [5, 5.41) is 6.70. The van der Waals surface area contributed by atoms with Crippen LogP contribution in [0.4, 0.5) is 14.9 Å². The molecule has 2 heterocycles. The zero-order valence-electron chi connectivity index (χ0n) is 14.9. The molecule has 6 nitrogen and oxygen atoms in total. The van der Waals surface area contributed by atoms with E-state index in [1.54, 1.807) is 17.0 Å². The molecule has 1 aliphatic heterocycles. The van der Waals surface area contributed by atoms with E-state index in [-0.39, 0.29) is 17.8 Å². The maximum atomic E-state index is 13.8. The highest BCUT2D eigenvalue weighted by atomic mass is 19.1. The van der Waals surface area contributed by atoms with Gasteiger partial charge in [-0.05, 0) is 37.5 Å². The topological polar surface area (TPSA) is 71.3 Å². The molecule has 0 saturated carbocycles. The van der Waals surface area contributed by atoms with Crippen LogP contribution in [0.1, 0.15) is 30.3 Å². The van der Waals surface area contributed by atoms with Gasteiger partial charge in [0.15, 0.2) is 0 Å². The van der Waals surface area contributed by atoms with Crippen LogP contribution < -0.4 is 5.32 Å². The summed E-state index contributed by atoms with van der Waals surface area (Å²) in [6.07, 6.45) is 1.54. The number of nitrogens with zero attached hydrogens (tertiary/aromatic N) is 3. The fourth-order valence-electron chi connectivity index (χ4n) is 3.32. The molecule has 27 heavy (non-hydrogen) atoms.